The summed E-state index contributed by atoms with van der Waals surface area (Å²) in [6.07, 6.45) is 0. The van der Waals surface area contributed by atoms with E-state index >= 15 is 0 Å². The van der Waals surface area contributed by atoms with Gasteiger partial charge in [-0.15, -0.1) is 0 Å². The molecule has 5 heteroatoms. The van der Waals surface area contributed by atoms with E-state index in [4.69, 9.17) is 11.6 Å². The molecule has 0 N–H and O–H groups in total. The number of anilines is 1. The highest BCUT2D eigenvalue weighted by molar-refractivity contribution is 7.92. The van der Waals surface area contributed by atoms with E-state index in [0.29, 0.717) is 11.6 Å². The van der Waals surface area contributed by atoms with Crippen LogP contribution in [-0.4, -0.2) is 15.0 Å². The van der Waals surface area contributed by atoms with E-state index in [1.807, 2.05) is 39.0 Å². The third-order valence-corrected chi connectivity index (χ3v) is 5.52. The van der Waals surface area contributed by atoms with Crippen LogP contribution >= 0.6 is 11.6 Å². The maximum atomic E-state index is 12.9. The van der Waals surface area contributed by atoms with Gasteiger partial charge in [0.25, 0.3) is 10.0 Å². The minimum atomic E-state index is -3.59. The Labute approximate surface area is 131 Å². The summed E-state index contributed by atoms with van der Waals surface area (Å²) in [5.41, 5.74) is 2.62. The van der Waals surface area contributed by atoms with Crippen molar-refractivity contribution in [2.45, 2.75) is 25.7 Å². The molecule has 0 heterocycles. The first-order valence-electron chi connectivity index (χ1n) is 6.72. The van der Waals surface area contributed by atoms with Crippen LogP contribution < -0.4 is 4.31 Å². The molecule has 0 aliphatic rings. The number of nitrogens with zero attached hydrogens (tertiary/aromatic N) is 1. The Balaban J connectivity index is 2.57. The lowest BCUT2D eigenvalue weighted by Gasteiger charge is -2.26. The Morgan fingerprint density at radius 3 is 2.00 bits per heavy atom. The van der Waals surface area contributed by atoms with Gasteiger partial charge in [-0.3, -0.25) is 4.31 Å². The fourth-order valence-electron chi connectivity index (χ4n) is 2.38. The van der Waals surface area contributed by atoms with Gasteiger partial charge in [-0.1, -0.05) is 29.8 Å². The van der Waals surface area contributed by atoms with Gasteiger partial charge in [0.05, 0.1) is 10.6 Å². The summed E-state index contributed by atoms with van der Waals surface area (Å²) in [4.78, 5) is 0.247. The number of aryl methyl sites for hydroxylation is 2. The number of para-hydroxylation sites is 1. The van der Waals surface area contributed by atoms with Gasteiger partial charge in [0, 0.05) is 11.6 Å². The average molecular weight is 324 g/mol. The third kappa shape index (κ3) is 3.06. The molecule has 0 bridgehead atoms. The summed E-state index contributed by atoms with van der Waals surface area (Å²) in [7, 11) is -3.59. The van der Waals surface area contributed by atoms with Crippen molar-refractivity contribution in [3.63, 3.8) is 0 Å². The number of benzene rings is 2. The molecule has 0 spiro atoms. The second kappa shape index (κ2) is 6.08. The van der Waals surface area contributed by atoms with E-state index in [1.54, 1.807) is 12.1 Å². The zero-order valence-electron chi connectivity index (χ0n) is 12.3. The molecule has 0 aromatic heterocycles. The van der Waals surface area contributed by atoms with E-state index in [-0.39, 0.29) is 4.90 Å². The van der Waals surface area contributed by atoms with Crippen molar-refractivity contribution in [2.24, 2.45) is 0 Å². The molecule has 2 rings (SSSR count). The van der Waals surface area contributed by atoms with Crippen molar-refractivity contribution in [2.75, 3.05) is 10.8 Å². The molecule has 0 radical (unpaired) electrons. The Morgan fingerprint density at radius 2 is 1.52 bits per heavy atom. The van der Waals surface area contributed by atoms with Gasteiger partial charge in [0.2, 0.25) is 0 Å². The molecule has 0 atom stereocenters. The van der Waals surface area contributed by atoms with Gasteiger partial charge < -0.3 is 0 Å². The lowest BCUT2D eigenvalue weighted by Crippen LogP contribution is -2.32. The summed E-state index contributed by atoms with van der Waals surface area (Å²) < 4.78 is 27.2. The third-order valence-electron chi connectivity index (χ3n) is 3.38. The fraction of sp³-hybridized carbons (Fsp3) is 0.250. The largest absolute Gasteiger partial charge is 0.266 e. The average Bonchev–Trinajstić information content (AvgIpc) is 2.43. The van der Waals surface area contributed by atoms with Crippen molar-refractivity contribution in [1.82, 2.24) is 0 Å². The van der Waals surface area contributed by atoms with Gasteiger partial charge in [-0.05, 0) is 56.2 Å². The summed E-state index contributed by atoms with van der Waals surface area (Å²) >= 11 is 5.83. The first kappa shape index (κ1) is 15.9. The van der Waals surface area contributed by atoms with Crippen LogP contribution in [0.25, 0.3) is 0 Å². The number of hydrogen-bond donors (Lipinski definition) is 0. The van der Waals surface area contributed by atoms with Crippen molar-refractivity contribution in [3.05, 3.63) is 58.6 Å². The Bertz CT molecular complexity index is 719. The van der Waals surface area contributed by atoms with Crippen molar-refractivity contribution in [1.29, 1.82) is 0 Å². The minimum absolute atomic E-state index is 0.247. The maximum absolute atomic E-state index is 12.9. The topological polar surface area (TPSA) is 37.4 Å². The number of halogens is 1. The zero-order chi connectivity index (χ0) is 15.6. The van der Waals surface area contributed by atoms with Crippen molar-refractivity contribution in [3.8, 4) is 0 Å². The van der Waals surface area contributed by atoms with Gasteiger partial charge >= 0.3 is 0 Å². The molecule has 21 heavy (non-hydrogen) atoms. The summed E-state index contributed by atoms with van der Waals surface area (Å²) in [5.74, 6) is 0. The Hall–Kier alpha value is -1.52. The lowest BCUT2D eigenvalue weighted by molar-refractivity contribution is 0.591. The second-order valence-electron chi connectivity index (χ2n) is 4.86. The molecule has 0 saturated heterocycles. The van der Waals surface area contributed by atoms with Crippen LogP contribution in [0.4, 0.5) is 5.69 Å². The first-order valence-corrected chi connectivity index (χ1v) is 8.54. The molecule has 0 saturated carbocycles. The Kier molecular flexibility index (Phi) is 4.59. The highest BCUT2D eigenvalue weighted by Crippen LogP contribution is 2.30. The van der Waals surface area contributed by atoms with Crippen molar-refractivity contribution < 1.29 is 8.42 Å². The molecule has 2 aromatic rings. The van der Waals surface area contributed by atoms with Crippen LogP contribution in [0.15, 0.2) is 47.4 Å². The summed E-state index contributed by atoms with van der Waals surface area (Å²) in [6, 6.07) is 12.0. The number of hydrogen-bond acceptors (Lipinski definition) is 2. The smallest absolute Gasteiger partial charge is 0.264 e. The van der Waals surface area contributed by atoms with Crippen LogP contribution in [-0.2, 0) is 10.0 Å². The van der Waals surface area contributed by atoms with Crippen LogP contribution in [0.5, 0.6) is 0 Å². The molecule has 112 valence electrons. The predicted molar refractivity (Wildman–Crippen MR) is 87.6 cm³/mol. The van der Waals surface area contributed by atoms with Gasteiger partial charge in [0.1, 0.15) is 0 Å². The van der Waals surface area contributed by atoms with E-state index < -0.39 is 10.0 Å². The van der Waals surface area contributed by atoms with Gasteiger partial charge in [-0.2, -0.15) is 0 Å². The maximum Gasteiger partial charge on any atom is 0.264 e. The molecule has 0 aliphatic heterocycles. The molecule has 0 amide bonds. The Morgan fingerprint density at radius 1 is 1.00 bits per heavy atom. The van der Waals surface area contributed by atoms with Crippen LogP contribution in [0.2, 0.25) is 5.02 Å². The molecule has 2 aromatic carbocycles. The van der Waals surface area contributed by atoms with E-state index in [2.05, 4.69) is 0 Å². The lowest BCUT2D eigenvalue weighted by atomic mass is 10.1. The molecule has 0 unspecified atom stereocenters. The predicted octanol–water partition coefficient (Wildman–Crippen LogP) is 4.17. The van der Waals surface area contributed by atoms with Gasteiger partial charge in [0.15, 0.2) is 0 Å². The monoisotopic (exact) mass is 323 g/mol. The molecule has 0 aliphatic carbocycles. The van der Waals surface area contributed by atoms with Crippen LogP contribution in [0.3, 0.4) is 0 Å². The quantitative estimate of drug-likeness (QED) is 0.846. The normalized spacial score (nSPS) is 11.4. The molecular weight excluding hydrogens is 306 g/mol. The van der Waals surface area contributed by atoms with E-state index in [0.717, 1.165) is 16.8 Å². The highest BCUT2D eigenvalue weighted by Gasteiger charge is 2.25. The standard InChI is InChI=1S/C16H18ClNO2S/c1-4-18(16-12(2)6-5-7-13(16)3)21(19,20)15-10-8-14(17)9-11-15/h5-11H,4H2,1-3H3. The number of sulfonamides is 1. The van der Waals surface area contributed by atoms with Gasteiger partial charge in [-0.25, -0.2) is 8.42 Å². The molecule has 3 nitrogen and oxygen atoms in total. The second-order valence-corrected chi connectivity index (χ2v) is 7.16. The zero-order valence-corrected chi connectivity index (χ0v) is 13.9. The van der Waals surface area contributed by atoms with E-state index in [9.17, 15) is 8.42 Å². The first-order chi connectivity index (χ1) is 9.87. The fourth-order valence-corrected chi connectivity index (χ4v) is 4.11. The molecule has 0 fully saturated rings. The highest BCUT2D eigenvalue weighted by atomic mass is 35.5. The summed E-state index contributed by atoms with van der Waals surface area (Å²) in [6.45, 7) is 6.04. The van der Waals surface area contributed by atoms with E-state index in [1.165, 1.54) is 16.4 Å². The SMILES string of the molecule is CCN(c1c(C)cccc1C)S(=O)(=O)c1ccc(Cl)cc1. The minimum Gasteiger partial charge on any atom is -0.266 e. The summed E-state index contributed by atoms with van der Waals surface area (Å²) in [5, 5.41) is 0.518. The van der Waals surface area contributed by atoms with Crippen molar-refractivity contribution >= 4 is 27.3 Å². The number of rotatable bonds is 4. The van der Waals surface area contributed by atoms with Crippen LogP contribution in [0.1, 0.15) is 18.1 Å². The van der Waals surface area contributed by atoms with Crippen LogP contribution in [0, 0.1) is 13.8 Å². The molecular formula is C16H18ClNO2S.